The third-order valence-electron chi connectivity index (χ3n) is 8.49. The fourth-order valence-corrected chi connectivity index (χ4v) is 7.57. The van der Waals surface area contributed by atoms with Crippen molar-refractivity contribution in [2.75, 3.05) is 24.7 Å². The van der Waals surface area contributed by atoms with E-state index in [1.807, 2.05) is 6.92 Å². The van der Waals surface area contributed by atoms with Gasteiger partial charge >= 0.3 is 5.97 Å². The van der Waals surface area contributed by atoms with E-state index in [0.29, 0.717) is 36.0 Å². The van der Waals surface area contributed by atoms with Crippen molar-refractivity contribution in [3.05, 3.63) is 40.3 Å². The molecule has 4 fully saturated rings. The number of aromatic nitrogens is 2. The number of benzene rings is 1. The highest BCUT2D eigenvalue weighted by Crippen LogP contribution is 2.47. The molecule has 1 N–H and O–H groups in total. The molecule has 0 amide bonds. The van der Waals surface area contributed by atoms with E-state index < -0.39 is 5.97 Å². The molecule has 7 rings (SSSR count). The molecule has 2 saturated heterocycles. The number of aromatic carboxylic acids is 1. The van der Waals surface area contributed by atoms with Gasteiger partial charge in [0.05, 0.1) is 34.2 Å². The number of carboxylic acid groups (broad SMARTS) is 1. The summed E-state index contributed by atoms with van der Waals surface area (Å²) < 4.78 is 19.0. The molecular formula is C27H31N3O5S. The van der Waals surface area contributed by atoms with Crippen molar-refractivity contribution in [2.24, 2.45) is 5.92 Å². The first-order valence-corrected chi connectivity index (χ1v) is 14.0. The van der Waals surface area contributed by atoms with Crippen molar-refractivity contribution in [2.45, 2.75) is 76.0 Å². The predicted octanol–water partition coefficient (Wildman–Crippen LogP) is 5.25. The van der Waals surface area contributed by atoms with Gasteiger partial charge in [-0.2, -0.15) is 0 Å². The zero-order chi connectivity index (χ0) is 24.4. The van der Waals surface area contributed by atoms with E-state index in [9.17, 15) is 9.90 Å². The van der Waals surface area contributed by atoms with Crippen LogP contribution in [-0.2, 0) is 16.1 Å². The van der Waals surface area contributed by atoms with Crippen LogP contribution in [0.1, 0.15) is 83.3 Å². The smallest absolute Gasteiger partial charge is 0.335 e. The molecular weight excluding hydrogens is 478 g/mol. The number of rotatable bonds is 7. The molecule has 2 aliphatic carbocycles. The summed E-state index contributed by atoms with van der Waals surface area (Å²) in [5.74, 6) is 1.57. The van der Waals surface area contributed by atoms with Gasteiger partial charge in [-0.1, -0.05) is 16.5 Å². The summed E-state index contributed by atoms with van der Waals surface area (Å²) in [5.41, 5.74) is 4.47. The summed E-state index contributed by atoms with van der Waals surface area (Å²) in [6, 6.07) is 3.88. The Morgan fingerprint density at radius 2 is 2.03 bits per heavy atom. The van der Waals surface area contributed by atoms with E-state index in [4.69, 9.17) is 19.0 Å². The van der Waals surface area contributed by atoms with Gasteiger partial charge < -0.3 is 24.0 Å². The number of nitrogens with zero attached hydrogens (tertiary/aromatic N) is 3. The maximum absolute atomic E-state index is 11.5. The SMILES string of the molecule is Cc1cc(C(=O)O)cc2sc(N3C[C@@H]4C[C@H]3C[C@H]4OCc3c(C4CCOCC4)noc3C3CC3)nc12. The van der Waals surface area contributed by atoms with Gasteiger partial charge in [0.2, 0.25) is 0 Å². The van der Waals surface area contributed by atoms with Gasteiger partial charge in [0.25, 0.3) is 0 Å². The lowest BCUT2D eigenvalue weighted by Gasteiger charge is -2.31. The zero-order valence-electron chi connectivity index (χ0n) is 20.4. The summed E-state index contributed by atoms with van der Waals surface area (Å²) >= 11 is 1.60. The number of thiazole rings is 1. The Balaban J connectivity index is 1.05. The van der Waals surface area contributed by atoms with Gasteiger partial charge in [-0.3, -0.25) is 0 Å². The number of ether oxygens (including phenoxy) is 2. The molecule has 190 valence electrons. The predicted molar refractivity (Wildman–Crippen MR) is 135 cm³/mol. The van der Waals surface area contributed by atoms with Crippen LogP contribution in [0, 0.1) is 12.8 Å². The topological polar surface area (TPSA) is 97.9 Å². The first-order valence-electron chi connectivity index (χ1n) is 13.1. The molecule has 2 bridgehead atoms. The first-order chi connectivity index (χ1) is 17.5. The van der Waals surface area contributed by atoms with Crippen LogP contribution < -0.4 is 4.90 Å². The van der Waals surface area contributed by atoms with E-state index in [0.717, 1.165) is 77.8 Å². The molecule has 3 atom stereocenters. The number of carboxylic acids is 1. The van der Waals surface area contributed by atoms with Crippen molar-refractivity contribution in [3.8, 4) is 0 Å². The number of hydrogen-bond donors (Lipinski definition) is 1. The first kappa shape index (κ1) is 22.7. The summed E-state index contributed by atoms with van der Waals surface area (Å²) in [6.07, 6.45) is 6.74. The van der Waals surface area contributed by atoms with Gasteiger partial charge in [-0.05, 0) is 63.1 Å². The standard InChI is InChI=1S/C27H31N3O5S/c1-14-8-17(26(31)32)10-22-23(14)28-27(36-22)30-12-18-9-19(30)11-21(18)34-13-20-24(15-4-6-33-7-5-15)29-35-25(20)16-2-3-16/h8,10,15-16,18-19,21H,2-7,9,11-13H2,1H3,(H,31,32)/t18-,19-,21+/m0/s1. The minimum Gasteiger partial charge on any atom is -0.478 e. The lowest BCUT2D eigenvalue weighted by molar-refractivity contribution is 0.0113. The Labute approximate surface area is 213 Å². The van der Waals surface area contributed by atoms with Crippen molar-refractivity contribution in [1.82, 2.24) is 10.1 Å². The quantitative estimate of drug-likeness (QED) is 0.461. The van der Waals surface area contributed by atoms with Crippen LogP contribution >= 0.6 is 11.3 Å². The number of hydrogen-bond acceptors (Lipinski definition) is 8. The number of aryl methyl sites for hydroxylation is 1. The van der Waals surface area contributed by atoms with Crippen molar-refractivity contribution in [1.29, 1.82) is 0 Å². The second-order valence-corrected chi connectivity index (χ2v) is 11.9. The minimum absolute atomic E-state index is 0.241. The monoisotopic (exact) mass is 509 g/mol. The number of anilines is 1. The maximum Gasteiger partial charge on any atom is 0.335 e. The molecule has 36 heavy (non-hydrogen) atoms. The van der Waals surface area contributed by atoms with Crippen LogP contribution in [0.15, 0.2) is 16.7 Å². The maximum atomic E-state index is 11.5. The Morgan fingerprint density at radius 1 is 1.19 bits per heavy atom. The summed E-state index contributed by atoms with van der Waals surface area (Å²) in [5, 5.41) is 14.9. The van der Waals surface area contributed by atoms with Gasteiger partial charge in [-0.25, -0.2) is 9.78 Å². The molecule has 4 heterocycles. The van der Waals surface area contributed by atoms with Crippen LogP contribution in [0.2, 0.25) is 0 Å². The van der Waals surface area contributed by atoms with Crippen LogP contribution in [-0.4, -0.2) is 53.1 Å². The molecule has 0 spiro atoms. The highest BCUT2D eigenvalue weighted by Gasteiger charge is 2.46. The van der Waals surface area contributed by atoms with E-state index in [1.54, 1.807) is 23.5 Å². The zero-order valence-corrected chi connectivity index (χ0v) is 21.3. The molecule has 0 radical (unpaired) electrons. The number of carbonyl (C=O) groups is 1. The lowest BCUT2D eigenvalue weighted by Crippen LogP contribution is -2.38. The second-order valence-electron chi connectivity index (χ2n) is 10.9. The highest BCUT2D eigenvalue weighted by molar-refractivity contribution is 7.22. The minimum atomic E-state index is -0.896. The molecule has 1 aromatic carbocycles. The largest absolute Gasteiger partial charge is 0.478 e. The average Bonchev–Trinajstić information content (AvgIpc) is 3.23. The number of fused-ring (bicyclic) bond motifs is 3. The summed E-state index contributed by atoms with van der Waals surface area (Å²) in [6.45, 7) is 5.05. The van der Waals surface area contributed by atoms with Crippen LogP contribution in [0.3, 0.4) is 0 Å². The van der Waals surface area contributed by atoms with E-state index in [1.165, 1.54) is 18.4 Å². The summed E-state index contributed by atoms with van der Waals surface area (Å²) in [4.78, 5) is 18.8. The average molecular weight is 510 g/mol. The third-order valence-corrected chi connectivity index (χ3v) is 9.53. The fraction of sp³-hybridized carbons (Fsp3) is 0.593. The second kappa shape index (κ2) is 8.82. The molecule has 9 heteroatoms. The molecule has 4 aliphatic rings. The van der Waals surface area contributed by atoms with Crippen molar-refractivity contribution < 1.29 is 23.9 Å². The van der Waals surface area contributed by atoms with Gasteiger partial charge in [0.15, 0.2) is 5.13 Å². The normalized spacial score (nSPS) is 26.4. The molecule has 0 unspecified atom stereocenters. The molecule has 8 nitrogen and oxygen atoms in total. The van der Waals surface area contributed by atoms with Crippen LogP contribution in [0.25, 0.3) is 10.2 Å². The molecule has 2 aliphatic heterocycles. The van der Waals surface area contributed by atoms with Crippen molar-refractivity contribution in [3.63, 3.8) is 0 Å². The van der Waals surface area contributed by atoms with E-state index in [-0.39, 0.29) is 6.10 Å². The van der Waals surface area contributed by atoms with Gasteiger partial charge in [0, 0.05) is 49.1 Å². The Bertz CT molecular complexity index is 1310. The lowest BCUT2D eigenvalue weighted by atomic mass is 9.92. The van der Waals surface area contributed by atoms with Gasteiger partial charge in [-0.15, -0.1) is 0 Å². The Morgan fingerprint density at radius 3 is 2.75 bits per heavy atom. The molecule has 3 aromatic rings. The Hall–Kier alpha value is -2.49. The van der Waals surface area contributed by atoms with E-state index in [2.05, 4.69) is 10.1 Å². The Kier molecular flexibility index (Phi) is 5.56. The fourth-order valence-electron chi connectivity index (χ4n) is 6.40. The van der Waals surface area contributed by atoms with Crippen molar-refractivity contribution >= 4 is 32.7 Å². The van der Waals surface area contributed by atoms with Crippen LogP contribution in [0.5, 0.6) is 0 Å². The number of piperidine rings is 1. The van der Waals surface area contributed by atoms with Crippen LogP contribution in [0.4, 0.5) is 5.13 Å². The molecule has 2 aromatic heterocycles. The highest BCUT2D eigenvalue weighted by atomic mass is 32.1. The summed E-state index contributed by atoms with van der Waals surface area (Å²) in [7, 11) is 0. The van der Waals surface area contributed by atoms with E-state index >= 15 is 0 Å². The molecule has 2 saturated carbocycles. The van der Waals surface area contributed by atoms with Gasteiger partial charge in [0.1, 0.15) is 5.76 Å². The third kappa shape index (κ3) is 3.92.